The van der Waals surface area contributed by atoms with Crippen molar-refractivity contribution in [1.82, 2.24) is 9.88 Å². The lowest BCUT2D eigenvalue weighted by Crippen LogP contribution is -2.31. The van der Waals surface area contributed by atoms with Gasteiger partial charge in [0.1, 0.15) is 0 Å². The molecule has 0 atom stereocenters. The standard InChI is InChI=1S/C21H24N2O/c1-4-23(5-2)21(24)14-16-11-15(3)12-17(13-16)18-7-6-8-20-19(18)9-10-22-20/h6-13,22H,4-5,14H2,1-3H3. The molecule has 1 N–H and O–H groups in total. The van der Waals surface area contributed by atoms with Gasteiger partial charge in [0.2, 0.25) is 5.91 Å². The van der Waals surface area contributed by atoms with Crippen LogP contribution in [0.2, 0.25) is 0 Å². The summed E-state index contributed by atoms with van der Waals surface area (Å²) in [6.07, 6.45) is 2.42. The summed E-state index contributed by atoms with van der Waals surface area (Å²) in [6, 6.07) is 14.8. The predicted molar refractivity (Wildman–Crippen MR) is 100 cm³/mol. The van der Waals surface area contributed by atoms with Crippen LogP contribution in [-0.2, 0) is 11.2 Å². The monoisotopic (exact) mass is 320 g/mol. The molecule has 3 heteroatoms. The number of carbonyl (C=O) groups excluding carboxylic acids is 1. The van der Waals surface area contributed by atoms with Crippen LogP contribution in [0.1, 0.15) is 25.0 Å². The molecule has 0 saturated carbocycles. The van der Waals surface area contributed by atoms with Gasteiger partial charge in [-0.2, -0.15) is 0 Å². The number of hydrogen-bond donors (Lipinski definition) is 1. The number of carbonyl (C=O) groups is 1. The molecule has 3 rings (SSSR count). The number of aromatic nitrogens is 1. The van der Waals surface area contributed by atoms with Crippen LogP contribution >= 0.6 is 0 Å². The number of H-pyrrole nitrogens is 1. The molecule has 0 saturated heterocycles. The van der Waals surface area contributed by atoms with Crippen LogP contribution < -0.4 is 0 Å². The molecule has 124 valence electrons. The van der Waals surface area contributed by atoms with E-state index in [0.717, 1.165) is 24.2 Å². The summed E-state index contributed by atoms with van der Waals surface area (Å²) >= 11 is 0. The number of fused-ring (bicyclic) bond motifs is 1. The topological polar surface area (TPSA) is 36.1 Å². The fourth-order valence-corrected chi connectivity index (χ4v) is 3.32. The number of aryl methyl sites for hydroxylation is 1. The van der Waals surface area contributed by atoms with E-state index in [9.17, 15) is 4.79 Å². The largest absolute Gasteiger partial charge is 0.361 e. The van der Waals surface area contributed by atoms with E-state index in [-0.39, 0.29) is 5.91 Å². The van der Waals surface area contributed by atoms with Crippen LogP contribution in [-0.4, -0.2) is 28.9 Å². The molecular formula is C21H24N2O. The zero-order valence-electron chi connectivity index (χ0n) is 14.6. The van der Waals surface area contributed by atoms with Gasteiger partial charge in [0.05, 0.1) is 6.42 Å². The molecule has 3 nitrogen and oxygen atoms in total. The molecule has 0 radical (unpaired) electrons. The van der Waals surface area contributed by atoms with E-state index < -0.39 is 0 Å². The van der Waals surface area contributed by atoms with Gasteiger partial charge in [-0.25, -0.2) is 0 Å². The second-order valence-electron chi connectivity index (χ2n) is 6.19. The molecule has 24 heavy (non-hydrogen) atoms. The number of benzene rings is 2. The maximum absolute atomic E-state index is 12.4. The second kappa shape index (κ2) is 6.91. The molecule has 0 unspecified atom stereocenters. The number of nitrogens with zero attached hydrogens (tertiary/aromatic N) is 1. The van der Waals surface area contributed by atoms with Crippen LogP contribution in [0.15, 0.2) is 48.7 Å². The fourth-order valence-electron chi connectivity index (χ4n) is 3.32. The number of nitrogens with one attached hydrogen (secondary N) is 1. The van der Waals surface area contributed by atoms with Crippen LogP contribution in [0, 0.1) is 6.92 Å². The lowest BCUT2D eigenvalue weighted by Gasteiger charge is -2.19. The molecule has 0 fully saturated rings. The van der Waals surface area contributed by atoms with Gasteiger partial charge in [0.15, 0.2) is 0 Å². The van der Waals surface area contributed by atoms with Crippen LogP contribution in [0.5, 0.6) is 0 Å². The first-order valence-corrected chi connectivity index (χ1v) is 8.57. The minimum Gasteiger partial charge on any atom is -0.361 e. The first-order valence-electron chi connectivity index (χ1n) is 8.57. The molecular weight excluding hydrogens is 296 g/mol. The number of rotatable bonds is 5. The van der Waals surface area contributed by atoms with Gasteiger partial charge in [0.25, 0.3) is 0 Å². The highest BCUT2D eigenvalue weighted by atomic mass is 16.2. The van der Waals surface area contributed by atoms with Crippen molar-refractivity contribution in [3.8, 4) is 11.1 Å². The predicted octanol–water partition coefficient (Wildman–Crippen LogP) is 4.55. The Balaban J connectivity index is 1.98. The molecule has 0 aliphatic heterocycles. The van der Waals surface area contributed by atoms with Crippen molar-refractivity contribution < 1.29 is 4.79 Å². The zero-order chi connectivity index (χ0) is 17.1. The highest BCUT2D eigenvalue weighted by molar-refractivity contribution is 5.95. The zero-order valence-corrected chi connectivity index (χ0v) is 14.6. The third kappa shape index (κ3) is 3.21. The summed E-state index contributed by atoms with van der Waals surface area (Å²) in [5.41, 5.74) is 5.77. The Morgan fingerprint density at radius 3 is 2.62 bits per heavy atom. The average molecular weight is 320 g/mol. The molecule has 1 aromatic heterocycles. The summed E-state index contributed by atoms with van der Waals surface area (Å²) in [5.74, 6) is 0.191. The fraction of sp³-hybridized carbons (Fsp3) is 0.286. The third-order valence-corrected chi connectivity index (χ3v) is 4.51. The molecule has 2 aromatic carbocycles. The van der Waals surface area contributed by atoms with Gasteiger partial charge in [-0.05, 0) is 49.6 Å². The molecule has 0 aliphatic rings. The summed E-state index contributed by atoms with van der Waals surface area (Å²) < 4.78 is 0. The Morgan fingerprint density at radius 2 is 1.88 bits per heavy atom. The van der Waals surface area contributed by atoms with Gasteiger partial charge in [-0.15, -0.1) is 0 Å². The van der Waals surface area contributed by atoms with Crippen molar-refractivity contribution in [3.63, 3.8) is 0 Å². The van der Waals surface area contributed by atoms with E-state index in [1.807, 2.05) is 24.9 Å². The maximum Gasteiger partial charge on any atom is 0.226 e. The molecule has 1 amide bonds. The van der Waals surface area contributed by atoms with E-state index in [4.69, 9.17) is 0 Å². The number of amides is 1. The Labute approximate surface area is 143 Å². The summed E-state index contributed by atoms with van der Waals surface area (Å²) in [4.78, 5) is 17.6. The Hall–Kier alpha value is -2.55. The normalized spacial score (nSPS) is 11.0. The van der Waals surface area contributed by atoms with E-state index in [2.05, 4.69) is 54.4 Å². The molecule has 0 aliphatic carbocycles. The van der Waals surface area contributed by atoms with E-state index in [1.165, 1.54) is 22.1 Å². The molecule has 3 aromatic rings. The van der Waals surface area contributed by atoms with Gasteiger partial charge in [0, 0.05) is 30.2 Å². The lowest BCUT2D eigenvalue weighted by molar-refractivity contribution is -0.130. The van der Waals surface area contributed by atoms with E-state index in [0.29, 0.717) is 6.42 Å². The Kier molecular flexibility index (Phi) is 4.70. The van der Waals surface area contributed by atoms with Crippen LogP contribution in [0.3, 0.4) is 0 Å². The van der Waals surface area contributed by atoms with Gasteiger partial charge in [-0.1, -0.05) is 35.9 Å². The first-order chi connectivity index (χ1) is 11.6. The smallest absolute Gasteiger partial charge is 0.226 e. The van der Waals surface area contributed by atoms with Crippen molar-refractivity contribution in [2.75, 3.05) is 13.1 Å². The number of hydrogen-bond acceptors (Lipinski definition) is 1. The molecule has 0 spiro atoms. The van der Waals surface area contributed by atoms with E-state index in [1.54, 1.807) is 0 Å². The summed E-state index contributed by atoms with van der Waals surface area (Å²) in [6.45, 7) is 7.66. The molecule has 1 heterocycles. The minimum absolute atomic E-state index is 0.191. The van der Waals surface area contributed by atoms with Crippen molar-refractivity contribution in [3.05, 3.63) is 59.8 Å². The van der Waals surface area contributed by atoms with Gasteiger partial charge >= 0.3 is 0 Å². The minimum atomic E-state index is 0.191. The van der Waals surface area contributed by atoms with Crippen molar-refractivity contribution in [2.24, 2.45) is 0 Å². The van der Waals surface area contributed by atoms with Crippen molar-refractivity contribution in [2.45, 2.75) is 27.2 Å². The quantitative estimate of drug-likeness (QED) is 0.735. The maximum atomic E-state index is 12.4. The van der Waals surface area contributed by atoms with Crippen LogP contribution in [0.4, 0.5) is 0 Å². The van der Waals surface area contributed by atoms with E-state index >= 15 is 0 Å². The Morgan fingerprint density at radius 1 is 1.08 bits per heavy atom. The van der Waals surface area contributed by atoms with Gasteiger partial charge in [-0.3, -0.25) is 4.79 Å². The first kappa shape index (κ1) is 16.3. The average Bonchev–Trinajstić information content (AvgIpc) is 3.04. The van der Waals surface area contributed by atoms with Crippen molar-refractivity contribution in [1.29, 1.82) is 0 Å². The van der Waals surface area contributed by atoms with Gasteiger partial charge < -0.3 is 9.88 Å². The second-order valence-corrected chi connectivity index (χ2v) is 6.19. The summed E-state index contributed by atoms with van der Waals surface area (Å²) in [7, 11) is 0. The number of aromatic amines is 1. The van der Waals surface area contributed by atoms with Crippen LogP contribution in [0.25, 0.3) is 22.0 Å². The van der Waals surface area contributed by atoms with Crippen molar-refractivity contribution >= 4 is 16.8 Å². The highest BCUT2D eigenvalue weighted by Gasteiger charge is 2.12. The third-order valence-electron chi connectivity index (χ3n) is 4.51. The number of likely N-dealkylation sites (N-methyl/N-ethyl adjacent to an activating group) is 1. The lowest BCUT2D eigenvalue weighted by atomic mass is 9.96. The SMILES string of the molecule is CCN(CC)C(=O)Cc1cc(C)cc(-c2cccc3[nH]ccc23)c1. The summed E-state index contributed by atoms with van der Waals surface area (Å²) in [5, 5.41) is 1.21. The Bertz CT molecular complexity index is 859. The molecule has 0 bridgehead atoms. The highest BCUT2D eigenvalue weighted by Crippen LogP contribution is 2.29.